The SMILES string of the molecule is OP(=[Se])([SeH])Oc1ccccc1. The van der Waals surface area contributed by atoms with Gasteiger partial charge in [-0.25, -0.2) is 0 Å². The molecule has 1 N–H and O–H groups in total. The van der Waals surface area contributed by atoms with Crippen molar-refractivity contribution < 1.29 is 9.42 Å². The summed E-state index contributed by atoms with van der Waals surface area (Å²) < 4.78 is 2.86. The Morgan fingerprint density at radius 2 is 1.91 bits per heavy atom. The summed E-state index contributed by atoms with van der Waals surface area (Å²) in [5, 5.41) is 0. The maximum atomic E-state index is 9.28. The molecule has 0 saturated heterocycles. The molecule has 0 fully saturated rings. The van der Waals surface area contributed by atoms with Crippen molar-refractivity contribution in [3.63, 3.8) is 0 Å². The van der Waals surface area contributed by atoms with Gasteiger partial charge in [-0.05, 0) is 0 Å². The first kappa shape index (κ1) is 9.54. The Kier molecular flexibility index (Phi) is 3.39. The summed E-state index contributed by atoms with van der Waals surface area (Å²) in [5.74, 6) is 0.683. The zero-order chi connectivity index (χ0) is 8.32. The standard InChI is InChI=1S/C6H7O2PSe2/c7-9(10,11)8-6-4-2-1-3-5-6/h1-5H,(H2,7,10,11). The van der Waals surface area contributed by atoms with Crippen molar-refractivity contribution in [3.05, 3.63) is 30.3 Å². The predicted octanol–water partition coefficient (Wildman–Crippen LogP) is 0.805. The third kappa shape index (κ3) is 4.12. The average molecular weight is 300 g/mol. The quantitative estimate of drug-likeness (QED) is 0.647. The molecule has 1 atom stereocenters. The van der Waals surface area contributed by atoms with Gasteiger partial charge in [-0.3, -0.25) is 0 Å². The van der Waals surface area contributed by atoms with Gasteiger partial charge in [0.1, 0.15) is 0 Å². The van der Waals surface area contributed by atoms with Gasteiger partial charge in [0, 0.05) is 0 Å². The van der Waals surface area contributed by atoms with E-state index >= 15 is 0 Å². The van der Waals surface area contributed by atoms with Crippen LogP contribution in [-0.2, 0) is 0 Å². The third-order valence-corrected chi connectivity index (χ3v) is 2.40. The number of para-hydroxylation sites is 1. The Morgan fingerprint density at radius 3 is 2.36 bits per heavy atom. The molecule has 60 valence electrons. The summed E-state index contributed by atoms with van der Waals surface area (Å²) in [4.78, 5) is 9.28. The number of benzene rings is 1. The maximum absolute atomic E-state index is 9.28. The number of hydrogen-bond acceptors (Lipinski definition) is 2. The zero-order valence-electron chi connectivity index (χ0n) is 5.54. The zero-order valence-corrected chi connectivity index (χ0v) is 10.0. The van der Waals surface area contributed by atoms with Crippen molar-refractivity contribution in [1.29, 1.82) is 0 Å². The van der Waals surface area contributed by atoms with Gasteiger partial charge in [-0.2, -0.15) is 0 Å². The van der Waals surface area contributed by atoms with Crippen LogP contribution in [-0.4, -0.2) is 35.6 Å². The van der Waals surface area contributed by atoms with E-state index in [1.165, 1.54) is 0 Å². The minimum atomic E-state index is -2.33. The van der Waals surface area contributed by atoms with E-state index in [4.69, 9.17) is 4.52 Å². The molecule has 0 aliphatic heterocycles. The Labute approximate surface area is 80.8 Å². The molecule has 0 aromatic heterocycles. The van der Waals surface area contributed by atoms with Crippen LogP contribution in [0, 0.1) is 0 Å². The second kappa shape index (κ2) is 3.91. The van der Waals surface area contributed by atoms with E-state index in [2.05, 4.69) is 30.7 Å². The molecule has 0 spiro atoms. The van der Waals surface area contributed by atoms with Crippen LogP contribution in [0.2, 0.25) is 0 Å². The summed E-state index contributed by atoms with van der Waals surface area (Å²) in [7, 11) is 0. The van der Waals surface area contributed by atoms with Crippen LogP contribution in [0.3, 0.4) is 0 Å². The van der Waals surface area contributed by atoms with Gasteiger partial charge in [-0.15, -0.1) is 0 Å². The molecule has 2 nitrogen and oxygen atoms in total. The Balaban J connectivity index is 2.74. The van der Waals surface area contributed by atoms with Gasteiger partial charge in [0.2, 0.25) is 0 Å². The van der Waals surface area contributed by atoms with Crippen molar-refractivity contribution >= 4 is 35.3 Å². The Bertz CT molecular complexity index is 269. The van der Waals surface area contributed by atoms with E-state index in [1.54, 1.807) is 12.1 Å². The summed E-state index contributed by atoms with van der Waals surface area (Å²) in [5.41, 5.74) is 0. The monoisotopic (exact) mass is 302 g/mol. The molecule has 1 aromatic rings. The molecule has 0 aliphatic carbocycles. The Hall–Kier alpha value is 0.449. The van der Waals surface area contributed by atoms with Crippen molar-refractivity contribution in [3.8, 4) is 5.75 Å². The van der Waals surface area contributed by atoms with Gasteiger partial charge >= 0.3 is 80.8 Å². The molecule has 0 aliphatic rings. The molecule has 0 radical (unpaired) electrons. The summed E-state index contributed by atoms with van der Waals surface area (Å²) in [6.07, 6.45) is 0. The fraction of sp³-hybridized carbons (Fsp3) is 0. The van der Waals surface area contributed by atoms with Crippen molar-refractivity contribution in [1.82, 2.24) is 0 Å². The second-order valence-corrected chi connectivity index (χ2v) is 13.5. The van der Waals surface area contributed by atoms with Crippen LogP contribution in [0.5, 0.6) is 5.75 Å². The molecule has 0 bridgehead atoms. The third-order valence-electron chi connectivity index (χ3n) is 0.968. The molecule has 0 heterocycles. The normalized spacial score (nSPS) is 15.5. The van der Waals surface area contributed by atoms with Gasteiger partial charge < -0.3 is 0 Å². The van der Waals surface area contributed by atoms with Gasteiger partial charge in [-0.1, -0.05) is 0 Å². The first-order valence-electron chi connectivity index (χ1n) is 2.88. The van der Waals surface area contributed by atoms with E-state index in [9.17, 15) is 4.89 Å². The Morgan fingerprint density at radius 1 is 1.36 bits per heavy atom. The molecule has 0 saturated carbocycles. The van der Waals surface area contributed by atoms with Crippen molar-refractivity contribution in [2.45, 2.75) is 0 Å². The topological polar surface area (TPSA) is 29.5 Å². The molecule has 1 unspecified atom stereocenters. The van der Waals surface area contributed by atoms with E-state index in [1.807, 2.05) is 18.2 Å². The van der Waals surface area contributed by atoms with Crippen LogP contribution in [0.25, 0.3) is 0 Å². The fourth-order valence-corrected chi connectivity index (χ4v) is 2.15. The number of hydrogen-bond donors (Lipinski definition) is 1. The van der Waals surface area contributed by atoms with E-state index < -0.39 is 4.65 Å². The molecular formula is C6H7O2PSe2. The molecule has 1 rings (SSSR count). The number of rotatable bonds is 2. The summed E-state index contributed by atoms with van der Waals surface area (Å²) in [6, 6.07) is 9.22. The molecule has 11 heavy (non-hydrogen) atoms. The average Bonchev–Trinajstić information content (AvgIpc) is 1.85. The fourth-order valence-electron chi connectivity index (χ4n) is 0.619. The van der Waals surface area contributed by atoms with E-state index in [0.29, 0.717) is 5.75 Å². The van der Waals surface area contributed by atoms with Gasteiger partial charge in [0.05, 0.1) is 0 Å². The van der Waals surface area contributed by atoms with Gasteiger partial charge in [0.15, 0.2) is 0 Å². The summed E-state index contributed by atoms with van der Waals surface area (Å²) >= 11 is 4.68. The molecule has 5 heteroatoms. The van der Waals surface area contributed by atoms with Crippen LogP contribution in [0.15, 0.2) is 30.3 Å². The van der Waals surface area contributed by atoms with Crippen LogP contribution >= 0.6 is 4.65 Å². The van der Waals surface area contributed by atoms with Gasteiger partial charge in [0.25, 0.3) is 0 Å². The predicted molar refractivity (Wildman–Crippen MR) is 49.1 cm³/mol. The first-order valence-corrected chi connectivity index (χ1v) is 9.23. The van der Waals surface area contributed by atoms with Crippen molar-refractivity contribution in [2.24, 2.45) is 0 Å². The van der Waals surface area contributed by atoms with Crippen LogP contribution < -0.4 is 4.52 Å². The van der Waals surface area contributed by atoms with Crippen molar-refractivity contribution in [2.75, 3.05) is 0 Å². The molecular weight excluding hydrogens is 293 g/mol. The second-order valence-electron chi connectivity index (χ2n) is 1.89. The molecule has 0 amide bonds. The van der Waals surface area contributed by atoms with Crippen LogP contribution in [0.4, 0.5) is 0 Å². The molecule has 1 aromatic carbocycles. The summed E-state index contributed by atoms with van der Waals surface area (Å²) in [6.45, 7) is 0. The van der Waals surface area contributed by atoms with Crippen LogP contribution in [0.1, 0.15) is 0 Å². The van der Waals surface area contributed by atoms with E-state index in [-0.39, 0.29) is 0 Å². The minimum absolute atomic E-state index is 0.683. The first-order chi connectivity index (χ1) is 5.08. The van der Waals surface area contributed by atoms with E-state index in [0.717, 1.165) is 0 Å².